The van der Waals surface area contributed by atoms with Crippen LogP contribution in [0.4, 0.5) is 17.1 Å². The largest absolute Gasteiger partial charge is 0.310 e. The zero-order valence-electron chi connectivity index (χ0n) is 28.2. The van der Waals surface area contributed by atoms with Gasteiger partial charge in [-0.3, -0.25) is 0 Å². The molecule has 0 fully saturated rings. The standard InChI is InChI=1S/C49H35N/c1-49(2)45-15-9-8-14-43(45)44-28-23-36-17-16-35-18-19-38-31-41(27-29-42(38)46(35)47(36)48(44)49)50(40-26-22-33-12-6-7-13-37(33)30-40)39-24-20-34(21-25-39)32-10-4-3-5-11-32/h3-31H,1-2H3. The summed E-state index contributed by atoms with van der Waals surface area (Å²) in [4.78, 5) is 2.39. The topological polar surface area (TPSA) is 3.24 Å². The normalized spacial score (nSPS) is 13.2. The summed E-state index contributed by atoms with van der Waals surface area (Å²) in [6, 6.07) is 64.8. The summed E-state index contributed by atoms with van der Waals surface area (Å²) in [5.41, 5.74) is 11.3. The van der Waals surface area contributed by atoms with Crippen LogP contribution in [0.3, 0.4) is 0 Å². The minimum Gasteiger partial charge on any atom is -0.310 e. The molecule has 0 aromatic heterocycles. The van der Waals surface area contributed by atoms with Crippen LogP contribution in [0.1, 0.15) is 25.0 Å². The molecule has 0 bridgehead atoms. The van der Waals surface area contributed by atoms with Crippen molar-refractivity contribution >= 4 is 60.2 Å². The van der Waals surface area contributed by atoms with Gasteiger partial charge in [-0.15, -0.1) is 0 Å². The molecular weight excluding hydrogens is 603 g/mol. The van der Waals surface area contributed by atoms with E-state index in [-0.39, 0.29) is 5.41 Å². The van der Waals surface area contributed by atoms with Crippen LogP contribution in [0.5, 0.6) is 0 Å². The van der Waals surface area contributed by atoms with Gasteiger partial charge < -0.3 is 4.90 Å². The molecule has 10 rings (SSSR count). The number of fused-ring (bicyclic) bond motifs is 10. The van der Waals surface area contributed by atoms with Gasteiger partial charge in [-0.05, 0) is 113 Å². The molecule has 1 nitrogen and oxygen atoms in total. The van der Waals surface area contributed by atoms with Gasteiger partial charge in [-0.25, -0.2) is 0 Å². The summed E-state index contributed by atoms with van der Waals surface area (Å²) in [6.07, 6.45) is 0. The lowest BCUT2D eigenvalue weighted by Crippen LogP contribution is -2.15. The van der Waals surface area contributed by atoms with Crippen molar-refractivity contribution in [2.75, 3.05) is 4.90 Å². The van der Waals surface area contributed by atoms with E-state index in [0.717, 1.165) is 17.1 Å². The summed E-state index contributed by atoms with van der Waals surface area (Å²) in [5, 5.41) is 10.3. The lowest BCUT2D eigenvalue weighted by atomic mass is 9.79. The van der Waals surface area contributed by atoms with E-state index in [1.807, 2.05) is 0 Å². The lowest BCUT2D eigenvalue weighted by Gasteiger charge is -2.27. The molecule has 0 spiro atoms. The van der Waals surface area contributed by atoms with Gasteiger partial charge in [0.1, 0.15) is 0 Å². The molecule has 0 heterocycles. The van der Waals surface area contributed by atoms with Crippen LogP contribution in [-0.4, -0.2) is 0 Å². The Morgan fingerprint density at radius 2 is 0.940 bits per heavy atom. The van der Waals surface area contributed by atoms with Gasteiger partial charge in [0.05, 0.1) is 0 Å². The monoisotopic (exact) mass is 637 g/mol. The minimum atomic E-state index is -0.0966. The number of anilines is 3. The molecule has 1 aliphatic rings. The summed E-state index contributed by atoms with van der Waals surface area (Å²) in [6.45, 7) is 4.79. The molecule has 50 heavy (non-hydrogen) atoms. The highest BCUT2D eigenvalue weighted by Gasteiger charge is 2.37. The molecule has 0 saturated heterocycles. The number of nitrogens with zero attached hydrogens (tertiary/aromatic N) is 1. The lowest BCUT2D eigenvalue weighted by molar-refractivity contribution is 0.666. The Morgan fingerprint density at radius 1 is 0.380 bits per heavy atom. The first-order valence-electron chi connectivity index (χ1n) is 17.5. The van der Waals surface area contributed by atoms with Crippen molar-refractivity contribution in [3.05, 3.63) is 187 Å². The molecule has 1 aliphatic carbocycles. The Bertz CT molecular complexity index is 2770. The molecule has 1 heteroatoms. The highest BCUT2D eigenvalue weighted by molar-refractivity contribution is 6.23. The average Bonchev–Trinajstić information content (AvgIpc) is 3.41. The van der Waals surface area contributed by atoms with Gasteiger partial charge in [-0.2, -0.15) is 0 Å². The van der Waals surface area contributed by atoms with E-state index in [2.05, 4.69) is 195 Å². The second kappa shape index (κ2) is 10.9. The fourth-order valence-corrected chi connectivity index (χ4v) is 8.57. The first kappa shape index (κ1) is 28.8. The summed E-state index contributed by atoms with van der Waals surface area (Å²) in [7, 11) is 0. The van der Waals surface area contributed by atoms with Gasteiger partial charge in [0.2, 0.25) is 0 Å². The molecule has 0 atom stereocenters. The third-order valence-electron chi connectivity index (χ3n) is 11.0. The molecule has 0 amide bonds. The molecular formula is C49H35N. The minimum absolute atomic E-state index is 0.0966. The number of hydrogen-bond donors (Lipinski definition) is 0. The van der Waals surface area contributed by atoms with E-state index in [9.17, 15) is 0 Å². The molecule has 9 aromatic carbocycles. The third kappa shape index (κ3) is 4.33. The molecule has 236 valence electrons. The quantitative estimate of drug-likeness (QED) is 0.174. The molecule has 0 radical (unpaired) electrons. The summed E-state index contributed by atoms with van der Waals surface area (Å²) in [5.74, 6) is 0. The van der Waals surface area contributed by atoms with E-state index < -0.39 is 0 Å². The first-order valence-corrected chi connectivity index (χ1v) is 17.5. The van der Waals surface area contributed by atoms with E-state index in [1.54, 1.807) is 0 Å². The Morgan fingerprint density at radius 3 is 1.74 bits per heavy atom. The van der Waals surface area contributed by atoms with Gasteiger partial charge in [0.25, 0.3) is 0 Å². The second-order valence-electron chi connectivity index (χ2n) is 14.2. The Labute approximate surface area is 292 Å². The number of hydrogen-bond acceptors (Lipinski definition) is 1. The van der Waals surface area contributed by atoms with E-state index in [1.165, 1.54) is 76.5 Å². The van der Waals surface area contributed by atoms with Crippen molar-refractivity contribution in [3.63, 3.8) is 0 Å². The van der Waals surface area contributed by atoms with Crippen LogP contribution in [-0.2, 0) is 5.41 Å². The maximum Gasteiger partial charge on any atom is 0.0468 e. The van der Waals surface area contributed by atoms with Crippen molar-refractivity contribution in [2.24, 2.45) is 0 Å². The molecule has 0 unspecified atom stereocenters. The van der Waals surface area contributed by atoms with Crippen LogP contribution in [0.25, 0.3) is 65.3 Å². The van der Waals surface area contributed by atoms with E-state index >= 15 is 0 Å². The average molecular weight is 638 g/mol. The van der Waals surface area contributed by atoms with Crippen molar-refractivity contribution in [3.8, 4) is 22.3 Å². The maximum atomic E-state index is 2.39. The van der Waals surface area contributed by atoms with Crippen LogP contribution >= 0.6 is 0 Å². The van der Waals surface area contributed by atoms with Crippen LogP contribution in [0.2, 0.25) is 0 Å². The predicted molar refractivity (Wildman–Crippen MR) is 214 cm³/mol. The smallest absolute Gasteiger partial charge is 0.0468 e. The van der Waals surface area contributed by atoms with Gasteiger partial charge >= 0.3 is 0 Å². The fourth-order valence-electron chi connectivity index (χ4n) is 8.57. The highest BCUT2D eigenvalue weighted by atomic mass is 15.1. The summed E-state index contributed by atoms with van der Waals surface area (Å²) < 4.78 is 0. The molecule has 0 aliphatic heterocycles. The maximum absolute atomic E-state index is 2.39. The van der Waals surface area contributed by atoms with Gasteiger partial charge in [0, 0.05) is 22.5 Å². The van der Waals surface area contributed by atoms with Gasteiger partial charge in [0.15, 0.2) is 0 Å². The zero-order chi connectivity index (χ0) is 33.4. The Hall–Kier alpha value is -6.18. The number of rotatable bonds is 4. The first-order chi connectivity index (χ1) is 24.5. The van der Waals surface area contributed by atoms with Crippen LogP contribution in [0, 0.1) is 0 Å². The third-order valence-corrected chi connectivity index (χ3v) is 11.0. The van der Waals surface area contributed by atoms with Crippen molar-refractivity contribution in [1.82, 2.24) is 0 Å². The Kier molecular flexibility index (Phi) is 6.29. The van der Waals surface area contributed by atoms with Crippen molar-refractivity contribution in [1.29, 1.82) is 0 Å². The van der Waals surface area contributed by atoms with Gasteiger partial charge in [-0.1, -0.05) is 153 Å². The number of benzene rings is 9. The highest BCUT2D eigenvalue weighted by Crippen LogP contribution is 2.53. The van der Waals surface area contributed by atoms with Crippen molar-refractivity contribution in [2.45, 2.75) is 19.3 Å². The van der Waals surface area contributed by atoms with Crippen LogP contribution < -0.4 is 4.90 Å². The predicted octanol–water partition coefficient (Wildman–Crippen LogP) is 13.7. The zero-order valence-corrected chi connectivity index (χ0v) is 28.2. The van der Waals surface area contributed by atoms with Crippen LogP contribution in [0.15, 0.2) is 176 Å². The SMILES string of the molecule is CC1(C)c2ccccc2-c2ccc3ccc4ccc5cc(N(c6ccc(-c7ccccc7)cc6)c6ccc7ccccc7c6)ccc5c4c3c21. The van der Waals surface area contributed by atoms with Crippen molar-refractivity contribution < 1.29 is 0 Å². The molecule has 0 saturated carbocycles. The molecule has 9 aromatic rings. The van der Waals surface area contributed by atoms with E-state index in [0.29, 0.717) is 0 Å². The summed E-state index contributed by atoms with van der Waals surface area (Å²) >= 11 is 0. The second-order valence-corrected chi connectivity index (χ2v) is 14.2. The molecule has 0 N–H and O–H groups in total. The fraction of sp³-hybridized carbons (Fsp3) is 0.0612. The van der Waals surface area contributed by atoms with E-state index in [4.69, 9.17) is 0 Å². The Balaban J connectivity index is 1.19.